The third-order valence-corrected chi connectivity index (χ3v) is 5.96. The molecule has 0 amide bonds. The number of nitrogens with one attached hydrogen (secondary N) is 1. The number of rotatable bonds is 5. The first kappa shape index (κ1) is 18.6. The molecular weight excluding hydrogens is 376 g/mol. The average Bonchev–Trinajstić information content (AvgIpc) is 2.99. The van der Waals surface area contributed by atoms with E-state index in [-0.39, 0.29) is 10.7 Å². The minimum Gasteiger partial charge on any atom is -0.343 e. The largest absolute Gasteiger partial charge is 0.343 e. The number of benzene rings is 1. The molecule has 4 rings (SSSR count). The second-order valence-electron chi connectivity index (χ2n) is 7.14. The van der Waals surface area contributed by atoms with Crippen LogP contribution in [0.4, 0.5) is 0 Å². The fourth-order valence-corrected chi connectivity index (χ4v) is 4.30. The van der Waals surface area contributed by atoms with Crippen LogP contribution in [0.1, 0.15) is 16.8 Å². The van der Waals surface area contributed by atoms with E-state index in [1.807, 2.05) is 18.2 Å². The van der Waals surface area contributed by atoms with E-state index in [1.54, 1.807) is 0 Å². The maximum Gasteiger partial charge on any atom is 0.256 e. The zero-order chi connectivity index (χ0) is 19.9. The van der Waals surface area contributed by atoms with Gasteiger partial charge in [-0.05, 0) is 11.6 Å². The van der Waals surface area contributed by atoms with Crippen molar-refractivity contribution in [3.05, 3.63) is 70.3 Å². The molecule has 0 saturated heterocycles. The fourth-order valence-electron chi connectivity index (χ4n) is 3.75. The molecular formula is C20H22N4O3S. The first-order valence-corrected chi connectivity index (χ1v) is 11.0. The second kappa shape index (κ2) is 7.03. The highest BCUT2D eigenvalue weighted by atomic mass is 32.2. The minimum absolute atomic E-state index is 0.253. The quantitative estimate of drug-likeness (QED) is 0.524. The molecule has 1 aliphatic heterocycles. The van der Waals surface area contributed by atoms with Gasteiger partial charge < -0.3 is 4.57 Å². The summed E-state index contributed by atoms with van der Waals surface area (Å²) in [6.45, 7) is 6.43. The predicted octanol–water partition coefficient (Wildman–Crippen LogP) is 1.87. The van der Waals surface area contributed by atoms with Crippen LogP contribution in [0.2, 0.25) is 0 Å². The Bertz CT molecular complexity index is 1220. The molecule has 3 heterocycles. The molecule has 0 aliphatic carbocycles. The minimum atomic E-state index is -3.54. The van der Waals surface area contributed by atoms with Gasteiger partial charge in [0.2, 0.25) is 15.0 Å². The molecule has 28 heavy (non-hydrogen) atoms. The summed E-state index contributed by atoms with van der Waals surface area (Å²) >= 11 is 0. The summed E-state index contributed by atoms with van der Waals surface area (Å²) in [7, 11) is -3.54. The van der Waals surface area contributed by atoms with Crippen LogP contribution in [0.5, 0.6) is 0 Å². The highest BCUT2D eigenvalue weighted by Gasteiger charge is 2.24. The van der Waals surface area contributed by atoms with Crippen molar-refractivity contribution < 1.29 is 8.42 Å². The Balaban J connectivity index is 1.64. The van der Waals surface area contributed by atoms with Gasteiger partial charge in [-0.25, -0.2) is 13.4 Å². The Morgan fingerprint density at radius 1 is 1.32 bits per heavy atom. The van der Waals surface area contributed by atoms with Gasteiger partial charge >= 0.3 is 0 Å². The molecule has 0 saturated carbocycles. The van der Waals surface area contributed by atoms with E-state index in [1.165, 1.54) is 10.9 Å². The summed E-state index contributed by atoms with van der Waals surface area (Å²) in [6.07, 6.45) is 5.61. The van der Waals surface area contributed by atoms with E-state index in [4.69, 9.17) is 0 Å². The number of sulfone groups is 1. The van der Waals surface area contributed by atoms with Crippen molar-refractivity contribution in [2.75, 3.05) is 12.8 Å². The molecule has 3 aromatic rings. The van der Waals surface area contributed by atoms with Gasteiger partial charge in [-0.15, -0.1) is 6.58 Å². The summed E-state index contributed by atoms with van der Waals surface area (Å²) in [4.78, 5) is 21.2. The monoisotopic (exact) mass is 398 g/mol. The van der Waals surface area contributed by atoms with Gasteiger partial charge in [-0.1, -0.05) is 24.3 Å². The topological polar surface area (TPSA) is 88.1 Å². The number of hydrogen-bond acceptors (Lipinski definition) is 5. The van der Waals surface area contributed by atoms with Crippen LogP contribution in [-0.4, -0.2) is 40.7 Å². The molecule has 146 valence electrons. The molecule has 0 radical (unpaired) electrons. The van der Waals surface area contributed by atoms with Crippen LogP contribution in [0, 0.1) is 0 Å². The third kappa shape index (κ3) is 3.41. The van der Waals surface area contributed by atoms with E-state index in [2.05, 4.69) is 44.3 Å². The van der Waals surface area contributed by atoms with Crippen LogP contribution >= 0.6 is 0 Å². The zero-order valence-electron chi connectivity index (χ0n) is 15.7. The lowest BCUT2D eigenvalue weighted by atomic mass is 10.1. The summed E-state index contributed by atoms with van der Waals surface area (Å²) < 4.78 is 25.6. The number of fused-ring (bicyclic) bond motifs is 2. The molecule has 8 heteroatoms. The van der Waals surface area contributed by atoms with Crippen molar-refractivity contribution >= 4 is 20.7 Å². The Hall–Kier alpha value is -2.71. The molecule has 2 aromatic heterocycles. The van der Waals surface area contributed by atoms with E-state index in [0.717, 1.165) is 18.3 Å². The maximum atomic E-state index is 12.4. The lowest BCUT2D eigenvalue weighted by Crippen LogP contribution is -2.36. The van der Waals surface area contributed by atoms with Crippen LogP contribution < -0.4 is 5.56 Å². The van der Waals surface area contributed by atoms with Crippen molar-refractivity contribution in [2.45, 2.75) is 31.2 Å². The van der Waals surface area contributed by atoms with Crippen molar-refractivity contribution in [1.29, 1.82) is 0 Å². The molecule has 1 N–H and O–H groups in total. The molecule has 0 spiro atoms. The second-order valence-corrected chi connectivity index (χ2v) is 9.07. The number of aromatic nitrogens is 3. The fraction of sp³-hybridized carbons (Fsp3) is 0.300. The Morgan fingerprint density at radius 3 is 2.86 bits per heavy atom. The first-order chi connectivity index (χ1) is 13.4. The van der Waals surface area contributed by atoms with Crippen LogP contribution in [-0.2, 0) is 35.9 Å². The molecule has 0 fully saturated rings. The smallest absolute Gasteiger partial charge is 0.256 e. The molecule has 0 unspecified atom stereocenters. The Kier molecular flexibility index (Phi) is 4.68. The van der Waals surface area contributed by atoms with E-state index in [9.17, 15) is 13.2 Å². The molecule has 0 atom stereocenters. The van der Waals surface area contributed by atoms with Crippen molar-refractivity contribution in [2.24, 2.45) is 0 Å². The summed E-state index contributed by atoms with van der Waals surface area (Å²) in [5.41, 5.74) is 3.11. The number of allylic oxidation sites excluding steroid dienone is 1. The Labute approximate surface area is 163 Å². The molecule has 7 nitrogen and oxygen atoms in total. The normalized spacial score (nSPS) is 14.9. The predicted molar refractivity (Wildman–Crippen MR) is 108 cm³/mol. The van der Waals surface area contributed by atoms with E-state index >= 15 is 0 Å². The molecule has 1 aliphatic rings. The van der Waals surface area contributed by atoms with Gasteiger partial charge in [0, 0.05) is 56.0 Å². The van der Waals surface area contributed by atoms with E-state index in [0.29, 0.717) is 37.3 Å². The van der Waals surface area contributed by atoms with Crippen molar-refractivity contribution in [3.63, 3.8) is 0 Å². The van der Waals surface area contributed by atoms with Crippen molar-refractivity contribution in [1.82, 2.24) is 19.4 Å². The summed E-state index contributed by atoms with van der Waals surface area (Å²) in [5, 5.41) is 0.937. The van der Waals surface area contributed by atoms with Gasteiger partial charge in [0.1, 0.15) is 0 Å². The highest BCUT2D eigenvalue weighted by molar-refractivity contribution is 7.90. The van der Waals surface area contributed by atoms with E-state index < -0.39 is 9.84 Å². The number of para-hydroxylation sites is 1. The molecule has 1 aromatic carbocycles. The van der Waals surface area contributed by atoms with Gasteiger partial charge in [0.05, 0.1) is 11.3 Å². The highest BCUT2D eigenvalue weighted by Crippen LogP contribution is 2.25. The number of nitrogens with zero attached hydrogens (tertiary/aromatic N) is 3. The van der Waals surface area contributed by atoms with Gasteiger partial charge in [0.25, 0.3) is 5.56 Å². The summed E-state index contributed by atoms with van der Waals surface area (Å²) in [6, 6.07) is 8.24. The third-order valence-electron chi connectivity index (χ3n) is 5.07. The van der Waals surface area contributed by atoms with Crippen LogP contribution in [0.15, 0.2) is 53.1 Å². The van der Waals surface area contributed by atoms with Crippen LogP contribution in [0.25, 0.3) is 10.9 Å². The maximum absolute atomic E-state index is 12.4. The lowest BCUT2D eigenvalue weighted by molar-refractivity contribution is 0.241. The number of H-pyrrole nitrogens is 1. The van der Waals surface area contributed by atoms with Crippen molar-refractivity contribution in [3.8, 4) is 0 Å². The number of aromatic amines is 1. The standard InChI is InChI=1S/C20H22N4O3S/c1-3-9-24-12-14(15-6-4-5-7-18(15)24)11-23-10-8-17-16(13-23)19(25)22-20(21-17)28(2,26)27/h3-7,12H,1,8-11,13H2,2H3,(H,21,22,25). The lowest BCUT2D eigenvalue weighted by Gasteiger charge is -2.27. The Morgan fingerprint density at radius 2 is 2.11 bits per heavy atom. The van der Waals surface area contributed by atoms with Crippen LogP contribution in [0.3, 0.4) is 0 Å². The first-order valence-electron chi connectivity index (χ1n) is 9.09. The molecule has 0 bridgehead atoms. The average molecular weight is 398 g/mol. The van der Waals surface area contributed by atoms with Gasteiger partial charge in [-0.2, -0.15) is 0 Å². The number of hydrogen-bond donors (Lipinski definition) is 1. The van der Waals surface area contributed by atoms with Gasteiger partial charge in [-0.3, -0.25) is 14.7 Å². The SMILES string of the molecule is C=CCn1cc(CN2CCc3nc(S(C)(=O)=O)[nH]c(=O)c3C2)c2ccccc21. The van der Waals surface area contributed by atoms with Gasteiger partial charge in [0.15, 0.2) is 0 Å². The summed E-state index contributed by atoms with van der Waals surface area (Å²) in [5.74, 6) is 0. The zero-order valence-corrected chi connectivity index (χ0v) is 16.5.